The Labute approximate surface area is 476 Å². The van der Waals surface area contributed by atoms with Crippen molar-refractivity contribution >= 4 is 96.5 Å². The molecular weight excluding hydrogens is 1100 g/mol. The van der Waals surface area contributed by atoms with Crippen LogP contribution in [0.15, 0.2) is 144 Å². The molecule has 2 fully saturated rings. The molecule has 8 aromatic rings. The normalized spacial score (nSPS) is 20.7. The number of anilines is 2. The van der Waals surface area contributed by atoms with Crippen LogP contribution in [0.5, 0.6) is 0 Å². The van der Waals surface area contributed by atoms with Gasteiger partial charge in [0.2, 0.25) is 18.3 Å². The second kappa shape index (κ2) is 23.5. The molecular formula is C57H69N10O10PSSi2. The van der Waals surface area contributed by atoms with E-state index in [0.717, 1.165) is 20.7 Å². The average Bonchev–Trinajstić information content (AvgIpc) is 4.39. The number of imidazole rings is 2. The number of benzene rings is 4. The molecule has 5 N–H and O–H groups in total. The van der Waals surface area contributed by atoms with Crippen LogP contribution in [-0.4, -0.2) is 111 Å². The standard InChI is InChI=1S/C57H69N10O10PSSi2/c1-37(2)31-58-54-62-50-48(52(69)64-54)60-35-67(50)47-30-43(77-81(57(6,7)8,40-25-17-11-18-26-40)41-27-19-12-20-28-41)44(74-47)32-72-78(71,79)76-42-29-46(66-34-59-49-51(66)63-55(61-36-68)65-53(49)70)75-45(42)33-73-80(56(3,4)5,38-21-13-9-14-22-38)39-23-15-10-16-24-39/h9-28,34-37,42-47H,29-33H2,1-8H3,(H,71,79)(H2,58,62,64,69)(H2,61,63,65,68,70)/t42-,43-,44+,45+,46+,47+,78+/m0/s1. The summed E-state index contributed by atoms with van der Waals surface area (Å²) in [6, 6.07) is 40.9. The molecule has 0 unspecified atom stereocenters. The lowest BCUT2D eigenvalue weighted by Gasteiger charge is -2.45. The van der Waals surface area contributed by atoms with Gasteiger partial charge in [0.25, 0.3) is 27.8 Å². The van der Waals surface area contributed by atoms with Crippen LogP contribution < -0.4 is 42.5 Å². The second-order valence-electron chi connectivity index (χ2n) is 22.9. The quantitative estimate of drug-likeness (QED) is 0.0289. The zero-order valence-electron chi connectivity index (χ0n) is 46.5. The summed E-state index contributed by atoms with van der Waals surface area (Å²) in [7, 11) is -6.44. The van der Waals surface area contributed by atoms with Gasteiger partial charge in [0.15, 0.2) is 22.3 Å². The SMILES string of the molecule is CC(C)CNc1nc2c(ncn2[C@H]2C[C@H](O[Si](c3ccccc3)(c3ccccc3)C(C)(C)C)[C@@H](CO[P@@](O)(=S)O[C@H]3C[C@H](n4cnc5c(=O)[nH]c(NC=O)nc54)O[C@@H]3CO[Si](c3ccccc3)(c3ccccc3)C(C)(C)C)O2)c(=O)[nH]1. The number of amides is 1. The number of aromatic amines is 2. The van der Waals surface area contributed by atoms with Gasteiger partial charge in [-0.2, -0.15) is 9.97 Å². The molecule has 24 heteroatoms. The number of aromatic nitrogens is 8. The average molecular weight is 1170 g/mol. The van der Waals surface area contributed by atoms with Crippen molar-refractivity contribution in [2.24, 2.45) is 5.92 Å². The first kappa shape index (κ1) is 57.9. The van der Waals surface area contributed by atoms with Crippen LogP contribution in [0, 0.1) is 5.92 Å². The smallest absolute Gasteiger partial charge is 0.324 e. The van der Waals surface area contributed by atoms with Gasteiger partial charge in [0, 0.05) is 19.4 Å². The fourth-order valence-corrected chi connectivity index (χ4v) is 22.1. The molecule has 2 aliphatic rings. The van der Waals surface area contributed by atoms with Crippen LogP contribution in [0.25, 0.3) is 22.3 Å². The van der Waals surface area contributed by atoms with Gasteiger partial charge < -0.3 is 37.6 Å². The van der Waals surface area contributed by atoms with Crippen molar-refractivity contribution in [3.05, 3.63) is 155 Å². The van der Waals surface area contributed by atoms with Crippen LogP contribution in [-0.2, 0) is 44.0 Å². The minimum absolute atomic E-state index is 0.00534. The first-order chi connectivity index (χ1) is 38.7. The molecule has 1 amide bonds. The van der Waals surface area contributed by atoms with E-state index in [1.165, 1.54) is 6.33 Å². The van der Waals surface area contributed by atoms with Crippen molar-refractivity contribution in [1.29, 1.82) is 0 Å². The van der Waals surface area contributed by atoms with Gasteiger partial charge in [-0.05, 0) is 48.5 Å². The summed E-state index contributed by atoms with van der Waals surface area (Å²) in [5.41, 5.74) is -0.335. The maximum Gasteiger partial charge on any atom is 0.324 e. The lowest BCUT2D eigenvalue weighted by molar-refractivity contribution is -0.105. The van der Waals surface area contributed by atoms with Gasteiger partial charge in [0.05, 0.1) is 38.1 Å². The van der Waals surface area contributed by atoms with Gasteiger partial charge >= 0.3 is 6.72 Å². The first-order valence-corrected chi connectivity index (χ1v) is 33.5. The zero-order valence-corrected chi connectivity index (χ0v) is 50.2. The molecule has 0 spiro atoms. The third-order valence-electron chi connectivity index (χ3n) is 15.0. The molecule has 2 aliphatic heterocycles. The van der Waals surface area contributed by atoms with Crippen molar-refractivity contribution in [2.75, 3.05) is 30.4 Å². The largest absolute Gasteiger partial charge is 0.405 e. The lowest BCUT2D eigenvalue weighted by atomic mass is 10.2. The number of ether oxygens (including phenoxy) is 2. The summed E-state index contributed by atoms with van der Waals surface area (Å²) < 4.78 is 45.4. The predicted octanol–water partition coefficient (Wildman–Crippen LogP) is 6.60. The number of nitrogens with one attached hydrogen (secondary N) is 4. The molecule has 81 heavy (non-hydrogen) atoms. The summed E-state index contributed by atoms with van der Waals surface area (Å²) >= 11 is 5.98. The third-order valence-corrected chi connectivity index (χ3v) is 26.7. The topological polar surface area (TPSA) is 244 Å². The summed E-state index contributed by atoms with van der Waals surface area (Å²) in [6.07, 6.45) is -1.20. The molecule has 6 heterocycles. The highest BCUT2D eigenvalue weighted by Gasteiger charge is 2.55. The Morgan fingerprint density at radius 3 is 1.58 bits per heavy atom. The van der Waals surface area contributed by atoms with E-state index in [4.69, 9.17) is 44.2 Å². The van der Waals surface area contributed by atoms with Crippen LogP contribution in [0.1, 0.15) is 80.7 Å². The van der Waals surface area contributed by atoms with E-state index in [-0.39, 0.29) is 54.6 Å². The number of rotatable bonds is 21. The second-order valence-corrected chi connectivity index (χ2v) is 34.3. The molecule has 426 valence electrons. The fraction of sp³-hybridized carbons (Fsp3) is 0.386. The lowest BCUT2D eigenvalue weighted by Crippen LogP contribution is -2.68. The molecule has 4 aromatic heterocycles. The minimum Gasteiger partial charge on any atom is -0.405 e. The van der Waals surface area contributed by atoms with Crippen molar-refractivity contribution in [2.45, 2.75) is 115 Å². The van der Waals surface area contributed by atoms with Crippen molar-refractivity contribution in [3.8, 4) is 0 Å². The number of carbonyl (C=O) groups is 1. The van der Waals surface area contributed by atoms with E-state index in [0.29, 0.717) is 24.6 Å². The van der Waals surface area contributed by atoms with Crippen molar-refractivity contribution in [1.82, 2.24) is 39.0 Å². The number of hydrogen-bond acceptors (Lipinski definition) is 15. The molecule has 0 saturated carbocycles. The number of carbonyl (C=O) groups excluding carboxylic acids is 1. The Morgan fingerprint density at radius 1 is 0.691 bits per heavy atom. The monoisotopic (exact) mass is 1170 g/mol. The van der Waals surface area contributed by atoms with Crippen molar-refractivity contribution < 1.29 is 37.1 Å². The van der Waals surface area contributed by atoms with E-state index in [2.05, 4.69) is 139 Å². The first-order valence-electron chi connectivity index (χ1n) is 27.1. The summed E-state index contributed by atoms with van der Waals surface area (Å²) in [4.78, 5) is 74.1. The molecule has 0 bridgehead atoms. The van der Waals surface area contributed by atoms with E-state index in [9.17, 15) is 19.3 Å². The van der Waals surface area contributed by atoms with E-state index in [1.807, 2.05) is 72.8 Å². The highest BCUT2D eigenvalue weighted by atomic mass is 32.5. The fourth-order valence-electron chi connectivity index (χ4n) is 11.3. The van der Waals surface area contributed by atoms with E-state index in [1.54, 1.807) is 15.5 Å². The Hall–Kier alpha value is -6.35. The Morgan fingerprint density at radius 2 is 1.12 bits per heavy atom. The molecule has 2 saturated heterocycles. The van der Waals surface area contributed by atoms with Gasteiger partial charge in [-0.3, -0.25) is 38.8 Å². The maximum atomic E-state index is 13.5. The summed E-state index contributed by atoms with van der Waals surface area (Å²) in [6.45, 7) is 13.3. The van der Waals surface area contributed by atoms with Gasteiger partial charge in [-0.25, -0.2) is 9.97 Å². The molecule has 0 radical (unpaired) electrons. The molecule has 10 rings (SSSR count). The molecule has 7 atom stereocenters. The molecule has 20 nitrogen and oxygen atoms in total. The van der Waals surface area contributed by atoms with Crippen LogP contribution in [0.3, 0.4) is 0 Å². The third kappa shape index (κ3) is 11.7. The molecule has 0 aliphatic carbocycles. The molecule has 4 aromatic carbocycles. The summed E-state index contributed by atoms with van der Waals surface area (Å²) in [5, 5.41) is 9.01. The predicted molar refractivity (Wildman–Crippen MR) is 320 cm³/mol. The highest BCUT2D eigenvalue weighted by Crippen LogP contribution is 2.51. The maximum absolute atomic E-state index is 13.5. The van der Waals surface area contributed by atoms with Crippen molar-refractivity contribution in [3.63, 3.8) is 0 Å². The Bertz CT molecular complexity index is 3560. The number of fused-ring (bicyclic) bond motifs is 2. The van der Waals surface area contributed by atoms with Gasteiger partial charge in [0.1, 0.15) is 24.7 Å². The van der Waals surface area contributed by atoms with Gasteiger partial charge in [-0.15, -0.1) is 0 Å². The van der Waals surface area contributed by atoms with E-state index >= 15 is 0 Å². The van der Waals surface area contributed by atoms with Gasteiger partial charge in [-0.1, -0.05) is 177 Å². The van der Waals surface area contributed by atoms with Crippen LogP contribution >= 0.6 is 6.72 Å². The highest BCUT2D eigenvalue weighted by molar-refractivity contribution is 8.07. The Balaban J connectivity index is 0.999. The number of H-pyrrole nitrogens is 2. The van der Waals surface area contributed by atoms with E-state index < -0.39 is 81.4 Å². The van der Waals surface area contributed by atoms with Crippen LogP contribution in [0.2, 0.25) is 10.1 Å². The summed E-state index contributed by atoms with van der Waals surface area (Å²) in [5.74, 6) is 0.504. The zero-order chi connectivity index (χ0) is 57.3. The number of nitrogens with zero attached hydrogens (tertiary/aromatic N) is 6. The number of hydrogen-bond donors (Lipinski definition) is 5. The minimum atomic E-state index is -4.24. The Kier molecular flexibility index (Phi) is 16.8. The van der Waals surface area contributed by atoms with Crippen LogP contribution in [0.4, 0.5) is 11.9 Å².